The van der Waals surface area contributed by atoms with Crippen LogP contribution in [-0.2, 0) is 4.74 Å². The molecule has 0 aliphatic carbocycles. The van der Waals surface area contributed by atoms with E-state index in [1.54, 1.807) is 18.3 Å². The van der Waals surface area contributed by atoms with E-state index in [1.807, 2.05) is 0 Å². The summed E-state index contributed by atoms with van der Waals surface area (Å²) in [6, 6.07) is 0. The molecule has 0 unspecified atom stereocenters. The Balaban J connectivity index is 3.85. The van der Waals surface area contributed by atoms with E-state index in [0.717, 1.165) is 0 Å². The van der Waals surface area contributed by atoms with Gasteiger partial charge in [0.25, 0.3) is 5.17 Å². The molecular formula is C8H10N2OS. The maximum absolute atomic E-state index is 8.18. The smallest absolute Gasteiger partial charge is 0.270 e. The number of thiocarbonyl (C=S) groups is 1. The highest BCUT2D eigenvalue weighted by Gasteiger charge is 2.04. The molecular weight excluding hydrogens is 172 g/mol. The standard InChI is InChI=1S/C8H10N2OS/c1-3-5-7(4-2)11-8(12)10-6-9/h3-4,7H,1-2,5H2,(H,10,12)/t7-/m1/s1. The average molecular weight is 182 g/mol. The van der Waals surface area contributed by atoms with Crippen LogP contribution in [0.15, 0.2) is 25.3 Å². The Hall–Kier alpha value is -1.34. The number of hydrogen-bond acceptors (Lipinski definition) is 3. The molecule has 0 spiro atoms. The molecule has 1 atom stereocenters. The van der Waals surface area contributed by atoms with Crippen molar-refractivity contribution in [2.24, 2.45) is 0 Å². The van der Waals surface area contributed by atoms with Crippen LogP contribution in [0.4, 0.5) is 0 Å². The molecule has 0 bridgehead atoms. The molecule has 0 aromatic heterocycles. The number of nitriles is 1. The molecule has 0 aromatic rings. The van der Waals surface area contributed by atoms with Gasteiger partial charge in [-0.3, -0.25) is 5.32 Å². The predicted molar refractivity (Wildman–Crippen MR) is 51.2 cm³/mol. The molecule has 0 aliphatic rings. The molecule has 0 amide bonds. The van der Waals surface area contributed by atoms with E-state index in [9.17, 15) is 0 Å². The van der Waals surface area contributed by atoms with E-state index < -0.39 is 0 Å². The second-order valence-corrected chi connectivity index (χ2v) is 2.31. The van der Waals surface area contributed by atoms with E-state index in [-0.39, 0.29) is 11.3 Å². The molecule has 12 heavy (non-hydrogen) atoms. The van der Waals surface area contributed by atoms with E-state index >= 15 is 0 Å². The second-order valence-electron chi connectivity index (χ2n) is 1.94. The zero-order valence-electron chi connectivity index (χ0n) is 6.62. The van der Waals surface area contributed by atoms with Crippen molar-refractivity contribution in [1.82, 2.24) is 5.32 Å². The lowest BCUT2D eigenvalue weighted by atomic mass is 10.2. The van der Waals surface area contributed by atoms with Crippen LogP contribution in [0.1, 0.15) is 6.42 Å². The fraction of sp³-hybridized carbons (Fsp3) is 0.250. The van der Waals surface area contributed by atoms with Gasteiger partial charge in [0.2, 0.25) is 0 Å². The van der Waals surface area contributed by atoms with Crippen LogP contribution >= 0.6 is 12.2 Å². The highest BCUT2D eigenvalue weighted by molar-refractivity contribution is 7.80. The van der Waals surface area contributed by atoms with Crippen LogP contribution in [0.25, 0.3) is 0 Å². The van der Waals surface area contributed by atoms with Crippen LogP contribution in [0.3, 0.4) is 0 Å². The summed E-state index contributed by atoms with van der Waals surface area (Å²) in [6.45, 7) is 7.09. The van der Waals surface area contributed by atoms with Crippen molar-refractivity contribution >= 4 is 17.4 Å². The molecule has 3 nitrogen and oxygen atoms in total. The summed E-state index contributed by atoms with van der Waals surface area (Å²) in [6.07, 6.45) is 5.37. The van der Waals surface area contributed by atoms with Crippen molar-refractivity contribution < 1.29 is 4.74 Å². The molecule has 4 heteroatoms. The average Bonchev–Trinajstić information content (AvgIpc) is 2.04. The quantitative estimate of drug-likeness (QED) is 0.309. The molecule has 0 rings (SSSR count). The van der Waals surface area contributed by atoms with Gasteiger partial charge in [0.05, 0.1) is 0 Å². The number of rotatable bonds is 4. The second kappa shape index (κ2) is 6.38. The lowest BCUT2D eigenvalue weighted by molar-refractivity contribution is 0.239. The van der Waals surface area contributed by atoms with Crippen molar-refractivity contribution in [1.29, 1.82) is 5.26 Å². The summed E-state index contributed by atoms with van der Waals surface area (Å²) in [5, 5.41) is 10.4. The first kappa shape index (κ1) is 10.7. The third-order valence-electron chi connectivity index (χ3n) is 1.08. The molecule has 0 aromatic carbocycles. The van der Waals surface area contributed by atoms with E-state index in [0.29, 0.717) is 6.42 Å². The maximum atomic E-state index is 8.18. The predicted octanol–water partition coefficient (Wildman–Crippen LogP) is 1.49. The van der Waals surface area contributed by atoms with Crippen LogP contribution in [-0.4, -0.2) is 11.3 Å². The van der Waals surface area contributed by atoms with Crippen molar-refractivity contribution in [2.75, 3.05) is 0 Å². The van der Waals surface area contributed by atoms with Crippen molar-refractivity contribution in [3.63, 3.8) is 0 Å². The van der Waals surface area contributed by atoms with Gasteiger partial charge in [-0.05, 0) is 12.2 Å². The molecule has 0 saturated heterocycles. The van der Waals surface area contributed by atoms with Gasteiger partial charge in [0, 0.05) is 6.42 Å². The summed E-state index contributed by atoms with van der Waals surface area (Å²) in [7, 11) is 0. The lowest BCUT2D eigenvalue weighted by Crippen LogP contribution is -2.23. The van der Waals surface area contributed by atoms with Gasteiger partial charge in [-0.25, -0.2) is 0 Å². The Bertz CT molecular complexity index is 220. The summed E-state index contributed by atoms with van der Waals surface area (Å²) < 4.78 is 5.09. The normalized spacial score (nSPS) is 10.6. The topological polar surface area (TPSA) is 45.0 Å². The van der Waals surface area contributed by atoms with Crippen LogP contribution < -0.4 is 5.32 Å². The molecule has 0 aliphatic heterocycles. The fourth-order valence-electron chi connectivity index (χ4n) is 0.569. The van der Waals surface area contributed by atoms with Gasteiger partial charge in [-0.1, -0.05) is 18.7 Å². The minimum Gasteiger partial charge on any atom is -0.462 e. The number of nitrogens with zero attached hydrogens (tertiary/aromatic N) is 1. The SMILES string of the molecule is C=CC[C@@H](C=C)OC(=S)NC#N. The summed E-state index contributed by atoms with van der Waals surface area (Å²) >= 11 is 4.67. The maximum Gasteiger partial charge on any atom is 0.270 e. The van der Waals surface area contributed by atoms with E-state index in [4.69, 9.17) is 10.00 Å². The van der Waals surface area contributed by atoms with Gasteiger partial charge < -0.3 is 4.74 Å². The highest BCUT2D eigenvalue weighted by atomic mass is 32.1. The Morgan fingerprint density at radius 1 is 1.75 bits per heavy atom. The van der Waals surface area contributed by atoms with Gasteiger partial charge in [0.1, 0.15) is 6.10 Å². The Kier molecular flexibility index (Phi) is 5.66. The Morgan fingerprint density at radius 3 is 2.83 bits per heavy atom. The van der Waals surface area contributed by atoms with Crippen molar-refractivity contribution in [3.05, 3.63) is 25.3 Å². The van der Waals surface area contributed by atoms with Gasteiger partial charge in [0.15, 0.2) is 6.19 Å². The number of hydrogen-bond donors (Lipinski definition) is 1. The Labute approximate surface area is 77.3 Å². The van der Waals surface area contributed by atoms with Gasteiger partial charge >= 0.3 is 0 Å². The number of nitrogens with one attached hydrogen (secondary N) is 1. The van der Waals surface area contributed by atoms with E-state index in [1.165, 1.54) is 0 Å². The third kappa shape index (κ3) is 4.47. The molecule has 0 saturated carbocycles. The monoisotopic (exact) mass is 182 g/mol. The zero-order valence-corrected chi connectivity index (χ0v) is 7.43. The zero-order chi connectivity index (χ0) is 9.40. The first-order valence-corrected chi connectivity index (χ1v) is 3.74. The highest BCUT2D eigenvalue weighted by Crippen LogP contribution is 2.00. The van der Waals surface area contributed by atoms with E-state index in [2.05, 4.69) is 30.7 Å². The van der Waals surface area contributed by atoms with Crippen molar-refractivity contribution in [2.45, 2.75) is 12.5 Å². The summed E-state index contributed by atoms with van der Waals surface area (Å²) in [5.41, 5.74) is 0. The minimum absolute atomic E-state index is 0.0595. The number of ether oxygens (including phenoxy) is 1. The van der Waals surface area contributed by atoms with Gasteiger partial charge in [-0.15, -0.1) is 6.58 Å². The largest absolute Gasteiger partial charge is 0.462 e. The summed E-state index contributed by atoms with van der Waals surface area (Å²) in [4.78, 5) is 0. The molecule has 0 radical (unpaired) electrons. The molecule has 0 heterocycles. The van der Waals surface area contributed by atoms with Gasteiger partial charge in [-0.2, -0.15) is 5.26 Å². The van der Waals surface area contributed by atoms with Crippen LogP contribution in [0.5, 0.6) is 0 Å². The summed E-state index contributed by atoms with van der Waals surface area (Å²) in [5.74, 6) is 0. The lowest BCUT2D eigenvalue weighted by Gasteiger charge is -2.12. The van der Waals surface area contributed by atoms with Crippen LogP contribution in [0, 0.1) is 11.5 Å². The minimum atomic E-state index is -0.212. The third-order valence-corrected chi connectivity index (χ3v) is 1.28. The first-order chi connectivity index (χ1) is 5.74. The first-order valence-electron chi connectivity index (χ1n) is 3.33. The molecule has 64 valence electrons. The molecule has 1 N–H and O–H groups in total. The molecule has 0 fully saturated rings. The fourth-order valence-corrected chi connectivity index (χ4v) is 0.739. The Morgan fingerprint density at radius 2 is 2.42 bits per heavy atom. The van der Waals surface area contributed by atoms with Crippen LogP contribution in [0.2, 0.25) is 0 Å². The van der Waals surface area contributed by atoms with Crippen molar-refractivity contribution in [3.8, 4) is 6.19 Å².